The zero-order valence-corrected chi connectivity index (χ0v) is 11.8. The fourth-order valence-electron chi connectivity index (χ4n) is 5.33. The molecule has 4 rings (SSSR count). The van der Waals surface area contributed by atoms with Gasteiger partial charge in [-0.05, 0) is 24.7 Å². The Kier molecular flexibility index (Phi) is 2.34. The topological polar surface area (TPSA) is 62.2 Å². The predicted octanol–water partition coefficient (Wildman–Crippen LogP) is 1.09. The lowest BCUT2D eigenvalue weighted by molar-refractivity contribution is -0.0649. The number of aliphatic hydroxyl groups excluding tert-OH is 1. The van der Waals surface area contributed by atoms with Gasteiger partial charge in [0.25, 0.3) is 0 Å². The van der Waals surface area contributed by atoms with Gasteiger partial charge in [-0.1, -0.05) is 26.7 Å². The summed E-state index contributed by atoms with van der Waals surface area (Å²) < 4.78 is 11.9. The van der Waals surface area contributed by atoms with Crippen LogP contribution in [-0.4, -0.2) is 46.8 Å². The van der Waals surface area contributed by atoms with Crippen LogP contribution in [-0.2, 0) is 9.47 Å². The molecular weight excluding hydrogens is 244 g/mol. The lowest BCUT2D eigenvalue weighted by Crippen LogP contribution is -2.59. The van der Waals surface area contributed by atoms with E-state index in [-0.39, 0.29) is 30.8 Å². The average Bonchev–Trinajstić information content (AvgIpc) is 3.11. The molecule has 19 heavy (non-hydrogen) atoms. The second-order valence-electron chi connectivity index (χ2n) is 7.41. The fraction of sp³-hybridized carbons (Fsp3) is 1.00. The fourth-order valence-corrected chi connectivity index (χ4v) is 5.33. The molecule has 0 aromatic carbocycles. The van der Waals surface area contributed by atoms with Crippen molar-refractivity contribution in [3.63, 3.8) is 0 Å². The Morgan fingerprint density at radius 2 is 2.11 bits per heavy atom. The number of hydrogen-bond acceptors (Lipinski definition) is 4. The van der Waals surface area contributed by atoms with Crippen LogP contribution in [0, 0.1) is 17.3 Å². The van der Waals surface area contributed by atoms with Gasteiger partial charge < -0.3 is 19.7 Å². The van der Waals surface area contributed by atoms with Crippen LogP contribution in [0.3, 0.4) is 0 Å². The maximum atomic E-state index is 10.7. The molecule has 0 bridgehead atoms. The summed E-state index contributed by atoms with van der Waals surface area (Å²) in [6.07, 6.45) is 4.77. The highest BCUT2D eigenvalue weighted by Crippen LogP contribution is 2.69. The number of hydrogen-bond donors (Lipinski definition) is 2. The van der Waals surface area contributed by atoms with E-state index in [9.17, 15) is 10.2 Å². The van der Waals surface area contributed by atoms with Gasteiger partial charge in [-0.25, -0.2) is 0 Å². The molecular formula is C15H24O4. The monoisotopic (exact) mass is 268 g/mol. The van der Waals surface area contributed by atoms with E-state index in [1.165, 1.54) is 19.3 Å². The van der Waals surface area contributed by atoms with E-state index < -0.39 is 11.2 Å². The highest BCUT2D eigenvalue weighted by Gasteiger charge is 2.83. The van der Waals surface area contributed by atoms with E-state index in [0.29, 0.717) is 11.8 Å². The Labute approximate surface area is 114 Å². The van der Waals surface area contributed by atoms with Gasteiger partial charge in [0, 0.05) is 5.41 Å². The summed E-state index contributed by atoms with van der Waals surface area (Å²) in [6.45, 7) is 4.58. The Morgan fingerprint density at radius 1 is 1.32 bits per heavy atom. The predicted molar refractivity (Wildman–Crippen MR) is 68.6 cm³/mol. The van der Waals surface area contributed by atoms with Gasteiger partial charge >= 0.3 is 0 Å². The first kappa shape index (κ1) is 12.6. The van der Waals surface area contributed by atoms with Gasteiger partial charge in [-0.15, -0.1) is 0 Å². The van der Waals surface area contributed by atoms with Crippen LogP contribution >= 0.6 is 0 Å². The largest absolute Gasteiger partial charge is 0.393 e. The van der Waals surface area contributed by atoms with Crippen LogP contribution in [0.15, 0.2) is 0 Å². The molecule has 7 atom stereocenters. The second-order valence-corrected chi connectivity index (χ2v) is 7.41. The summed E-state index contributed by atoms with van der Waals surface area (Å²) in [6, 6.07) is 0. The van der Waals surface area contributed by atoms with Gasteiger partial charge in [0.05, 0.1) is 25.4 Å². The molecule has 0 aromatic rings. The standard InChI is InChI=1S/C15H24O4/c1-9-4-3-5-10-6-11-15(12(19-15)13(9,10)2)14(17,7-16)8-18-11/h9-12,16-17H,3-8H2,1-2H3/t9-,10+,11-,12-,13+,14-,15+/m0/s1. The molecule has 0 unspecified atom stereocenters. The molecule has 4 fully saturated rings. The number of aliphatic hydroxyl groups is 2. The summed E-state index contributed by atoms with van der Waals surface area (Å²) in [7, 11) is 0. The molecule has 0 amide bonds. The minimum absolute atomic E-state index is 0.0296. The first-order valence-electron chi connectivity index (χ1n) is 7.61. The lowest BCUT2D eigenvalue weighted by Gasteiger charge is -2.50. The third-order valence-electron chi connectivity index (χ3n) is 6.83. The first-order chi connectivity index (χ1) is 8.99. The summed E-state index contributed by atoms with van der Waals surface area (Å²) in [5.41, 5.74) is -1.70. The van der Waals surface area contributed by atoms with E-state index in [4.69, 9.17) is 9.47 Å². The summed E-state index contributed by atoms with van der Waals surface area (Å²) >= 11 is 0. The van der Waals surface area contributed by atoms with E-state index in [0.717, 1.165) is 6.42 Å². The van der Waals surface area contributed by atoms with Crippen LogP contribution in [0.4, 0.5) is 0 Å². The number of ether oxygens (including phenoxy) is 2. The highest BCUT2D eigenvalue weighted by atomic mass is 16.7. The summed E-state index contributed by atoms with van der Waals surface area (Å²) in [5.74, 6) is 1.24. The molecule has 108 valence electrons. The van der Waals surface area contributed by atoms with Gasteiger partial charge in [0.15, 0.2) is 5.60 Å². The molecule has 2 saturated heterocycles. The molecule has 0 radical (unpaired) electrons. The zero-order chi connectivity index (χ0) is 13.5. The van der Waals surface area contributed by atoms with Crippen molar-refractivity contribution in [1.29, 1.82) is 0 Å². The van der Waals surface area contributed by atoms with E-state index >= 15 is 0 Å². The van der Waals surface area contributed by atoms with Gasteiger partial charge in [0.2, 0.25) is 0 Å². The van der Waals surface area contributed by atoms with Crippen molar-refractivity contribution in [1.82, 2.24) is 0 Å². The number of epoxide rings is 1. The van der Waals surface area contributed by atoms with E-state index in [2.05, 4.69) is 13.8 Å². The average molecular weight is 268 g/mol. The molecule has 2 N–H and O–H groups in total. The Morgan fingerprint density at radius 3 is 2.84 bits per heavy atom. The van der Waals surface area contributed by atoms with Crippen molar-refractivity contribution in [2.24, 2.45) is 17.3 Å². The van der Waals surface area contributed by atoms with Crippen LogP contribution < -0.4 is 0 Å². The maximum absolute atomic E-state index is 10.7. The summed E-state index contributed by atoms with van der Waals surface area (Å²) in [5, 5.41) is 20.3. The van der Waals surface area contributed by atoms with Crippen molar-refractivity contribution in [2.45, 2.75) is 62.9 Å². The SMILES string of the molecule is C[C@H]1CCC[C@@H]2C[C@@H]3OC[C@@](O)(CO)[C@@]34O[C@H]4[C@@]21C. The minimum atomic E-state index is -1.20. The van der Waals surface area contributed by atoms with Gasteiger partial charge in [-0.2, -0.15) is 0 Å². The minimum Gasteiger partial charge on any atom is -0.393 e. The van der Waals surface area contributed by atoms with Crippen LogP contribution in [0.5, 0.6) is 0 Å². The van der Waals surface area contributed by atoms with Crippen molar-refractivity contribution < 1.29 is 19.7 Å². The normalized spacial score (nSPS) is 63.2. The Bertz CT molecular complexity index is 413. The van der Waals surface area contributed by atoms with Crippen molar-refractivity contribution in [3.8, 4) is 0 Å². The molecule has 1 spiro atoms. The maximum Gasteiger partial charge on any atom is 0.154 e. The number of fused-ring (bicyclic) bond motifs is 2. The molecule has 4 aliphatic rings. The van der Waals surface area contributed by atoms with E-state index in [1.807, 2.05) is 0 Å². The number of rotatable bonds is 1. The van der Waals surface area contributed by atoms with Crippen molar-refractivity contribution in [3.05, 3.63) is 0 Å². The van der Waals surface area contributed by atoms with Crippen molar-refractivity contribution in [2.75, 3.05) is 13.2 Å². The van der Waals surface area contributed by atoms with Gasteiger partial charge in [-0.3, -0.25) is 0 Å². The Hall–Kier alpha value is -0.160. The third kappa shape index (κ3) is 1.21. The van der Waals surface area contributed by atoms with E-state index in [1.54, 1.807) is 0 Å². The molecule has 2 aliphatic carbocycles. The molecule has 2 aliphatic heterocycles. The summed E-state index contributed by atoms with van der Waals surface area (Å²) in [4.78, 5) is 0. The van der Waals surface area contributed by atoms with Crippen LogP contribution in [0.25, 0.3) is 0 Å². The molecule has 4 heteroatoms. The molecule has 2 saturated carbocycles. The molecule has 0 aromatic heterocycles. The Balaban J connectivity index is 1.75. The highest BCUT2D eigenvalue weighted by molar-refractivity contribution is 5.30. The molecule has 4 nitrogen and oxygen atoms in total. The molecule has 2 heterocycles. The second kappa shape index (κ2) is 3.53. The third-order valence-corrected chi connectivity index (χ3v) is 6.83. The lowest BCUT2D eigenvalue weighted by atomic mass is 9.52. The first-order valence-corrected chi connectivity index (χ1v) is 7.61. The van der Waals surface area contributed by atoms with Crippen LogP contribution in [0.1, 0.15) is 39.5 Å². The van der Waals surface area contributed by atoms with Gasteiger partial charge in [0.1, 0.15) is 5.60 Å². The van der Waals surface area contributed by atoms with Crippen molar-refractivity contribution >= 4 is 0 Å². The van der Waals surface area contributed by atoms with Crippen LogP contribution in [0.2, 0.25) is 0 Å². The smallest absolute Gasteiger partial charge is 0.154 e. The zero-order valence-electron chi connectivity index (χ0n) is 11.8. The quantitative estimate of drug-likeness (QED) is 0.699.